The van der Waals surface area contributed by atoms with E-state index in [0.717, 1.165) is 33.5 Å². The summed E-state index contributed by atoms with van der Waals surface area (Å²) in [5.41, 5.74) is -12.8. The molecule has 6 heteroatoms. The summed E-state index contributed by atoms with van der Waals surface area (Å²) in [6, 6.07) is 29.4. The third-order valence-corrected chi connectivity index (χ3v) is 16.1. The van der Waals surface area contributed by atoms with Gasteiger partial charge in [0.15, 0.2) is 0 Å². The first kappa shape index (κ1) is 33.7. The number of para-hydroxylation sites is 1. The van der Waals surface area contributed by atoms with Crippen molar-refractivity contribution in [1.29, 1.82) is 0 Å². The third-order valence-electron chi connectivity index (χ3n) is 16.1. The van der Waals surface area contributed by atoms with Crippen LogP contribution in [-0.2, 0) is 48.1 Å². The minimum atomic E-state index is -4.70. The molecule has 0 unspecified atom stereocenters. The Morgan fingerprint density at radius 3 is 1.87 bits per heavy atom. The maximum absolute atomic E-state index is 10.5. The molecule has 14 rings (SSSR count). The molecule has 0 atom stereocenters. The molecule has 1 aliphatic heterocycles. The van der Waals surface area contributed by atoms with Gasteiger partial charge < -0.3 is 13.9 Å². The Labute approximate surface area is 560 Å². The second kappa shape index (κ2) is 20.5. The minimum absolute atomic E-state index is 0. The second-order valence-corrected chi connectivity index (χ2v) is 25.0. The molecule has 0 fully saturated rings. The number of fused-ring (bicyclic) bond motifs is 11. The first-order valence-corrected chi connectivity index (χ1v) is 28.0. The average molecular weight is 1330 g/mol. The van der Waals surface area contributed by atoms with Gasteiger partial charge in [-0.05, 0) is 159 Å². The molecule has 0 bridgehead atoms. The zero-order chi connectivity index (χ0) is 82.3. The van der Waals surface area contributed by atoms with Gasteiger partial charge in [0, 0.05) is 66.2 Å². The molecule has 0 saturated carbocycles. The van der Waals surface area contributed by atoms with Crippen LogP contribution in [-0.4, -0.2) is 14.1 Å². The summed E-state index contributed by atoms with van der Waals surface area (Å²) in [5, 5.41) is 1.70. The molecular formula is C80H74N4OPt-2. The summed E-state index contributed by atoms with van der Waals surface area (Å²) in [6.07, 6.45) is -4.12. The monoisotopic (exact) mass is 1330 g/mol. The van der Waals surface area contributed by atoms with Crippen LogP contribution in [0, 0.1) is 18.5 Å². The number of ether oxygens (including phenoxy) is 1. The van der Waals surface area contributed by atoms with Crippen molar-refractivity contribution < 1.29 is 67.4 Å². The van der Waals surface area contributed by atoms with Crippen molar-refractivity contribution in [3.05, 3.63) is 234 Å². The molecule has 0 saturated heterocycles. The van der Waals surface area contributed by atoms with Gasteiger partial charge in [-0.25, -0.2) is 4.98 Å². The van der Waals surface area contributed by atoms with E-state index in [1.54, 1.807) is 36.5 Å². The Kier molecular flexibility index (Phi) is 8.04. The second-order valence-electron chi connectivity index (χ2n) is 25.0. The van der Waals surface area contributed by atoms with Gasteiger partial charge in [-0.2, -0.15) is 18.2 Å². The number of imidazole rings is 1. The summed E-state index contributed by atoms with van der Waals surface area (Å²) in [6.45, 7) is 0.537. The molecule has 4 heterocycles. The predicted molar refractivity (Wildman–Crippen MR) is 352 cm³/mol. The fourth-order valence-corrected chi connectivity index (χ4v) is 11.5. The largest absolute Gasteiger partial charge is 0.510 e. The van der Waals surface area contributed by atoms with Crippen LogP contribution in [0.4, 0.5) is 0 Å². The molecule has 0 spiro atoms. The molecule has 86 heavy (non-hydrogen) atoms. The molecule has 0 N–H and O–H groups in total. The van der Waals surface area contributed by atoms with Crippen LogP contribution in [0.25, 0.3) is 106 Å². The molecule has 12 aromatic rings. The Hall–Kier alpha value is -8.11. The molecule has 0 amide bonds. The molecule has 5 nitrogen and oxygen atoms in total. The number of benzene rings is 9. The number of hydrogen-bond acceptors (Lipinski definition) is 2. The maximum Gasteiger partial charge on any atom is 0.268 e. The van der Waals surface area contributed by atoms with E-state index in [1.807, 2.05) is 119 Å². The number of aromatic nitrogens is 4. The van der Waals surface area contributed by atoms with Gasteiger partial charge in [-0.15, -0.1) is 29.7 Å². The fourth-order valence-electron chi connectivity index (χ4n) is 11.5. The summed E-state index contributed by atoms with van der Waals surface area (Å²) >= 11 is 0. The van der Waals surface area contributed by atoms with Crippen LogP contribution < -0.4 is 9.30 Å². The Balaban J connectivity index is 0.0000112. The molecule has 1 aliphatic carbocycles. The van der Waals surface area contributed by atoms with E-state index in [0.29, 0.717) is 28.0 Å². The van der Waals surface area contributed by atoms with E-state index in [2.05, 4.69) is 39.2 Å². The molecule has 9 aromatic carbocycles. The molecule has 2 aliphatic rings. The van der Waals surface area contributed by atoms with E-state index < -0.39 is 162 Å². The number of nitrogens with zero attached hydrogens (tertiary/aromatic N) is 4. The van der Waals surface area contributed by atoms with Gasteiger partial charge >= 0.3 is 0 Å². The van der Waals surface area contributed by atoms with Crippen molar-refractivity contribution in [1.82, 2.24) is 14.1 Å². The SMILES string of the molecule is [2H]c1c([2H])c([2H])c2c(c1[2H])-c1cc(C(C)(C)C)cc(-c3ccc(C(C)(C)C)cc3)c1-[n+]1[c-]n(-c3[c-]c(Oc4[c-]c5c(cc4)c4ccccc4n5-c4cc(C(C)(C)C)ccn4)ccc3)c3cc(-c4c([2H])c([2H])c5c(c4[2H])C(C([2H])([2H])[2H])(C([2H])([2H])[2H])C([2H])([2H])C([2H])([2H])C5(C([2H])([2H])[2H])C([2H])([2H])[2H])cc(c31)-c1c([2H])c([2H])c([2H])c([2H])c1-2.[Pt]. The van der Waals surface area contributed by atoms with Gasteiger partial charge in [0.25, 0.3) is 6.33 Å². The Morgan fingerprint density at radius 1 is 0.547 bits per heavy atom. The van der Waals surface area contributed by atoms with Gasteiger partial charge in [0.2, 0.25) is 0 Å². The smallest absolute Gasteiger partial charge is 0.268 e. The van der Waals surface area contributed by atoms with Crippen LogP contribution in [0.3, 0.4) is 0 Å². The molecule has 3 aromatic heterocycles. The van der Waals surface area contributed by atoms with Gasteiger partial charge in [-0.3, -0.25) is 4.57 Å². The zero-order valence-electron chi connectivity index (χ0n) is 75.6. The van der Waals surface area contributed by atoms with Crippen molar-refractivity contribution in [2.24, 2.45) is 0 Å². The van der Waals surface area contributed by atoms with Crippen LogP contribution in [0.2, 0.25) is 0 Å². The Morgan fingerprint density at radius 2 is 1.19 bits per heavy atom. The first-order valence-electron chi connectivity index (χ1n) is 41.5. The van der Waals surface area contributed by atoms with E-state index in [1.165, 1.54) is 15.2 Å². The van der Waals surface area contributed by atoms with Crippen LogP contribution >= 0.6 is 0 Å². The third kappa shape index (κ3) is 9.66. The summed E-state index contributed by atoms with van der Waals surface area (Å²) in [4.78, 5) is 4.83. The minimum Gasteiger partial charge on any atom is -0.510 e. The van der Waals surface area contributed by atoms with Gasteiger partial charge in [-0.1, -0.05) is 222 Å². The molecule has 0 radical (unpaired) electrons. The van der Waals surface area contributed by atoms with E-state index in [-0.39, 0.29) is 82.5 Å². The number of hydrogen-bond donors (Lipinski definition) is 0. The first-order chi connectivity index (χ1) is 51.6. The van der Waals surface area contributed by atoms with Gasteiger partial charge in [0.1, 0.15) is 5.82 Å². The van der Waals surface area contributed by atoms with Crippen LogP contribution in [0.15, 0.2) is 188 Å². The number of rotatable bonds is 6. The van der Waals surface area contributed by atoms with E-state index in [4.69, 9.17) is 26.2 Å². The van der Waals surface area contributed by atoms with Crippen molar-refractivity contribution in [3.63, 3.8) is 0 Å². The van der Waals surface area contributed by atoms with Crippen LogP contribution in [0.1, 0.15) is 167 Å². The summed E-state index contributed by atoms with van der Waals surface area (Å²) in [7, 11) is 0. The Bertz CT molecular complexity index is 6000. The average Bonchev–Trinajstić information content (AvgIpc) is 1.08. The molecular weight excluding hydrogens is 1230 g/mol. The zero-order valence-corrected chi connectivity index (χ0v) is 50.8. The maximum atomic E-state index is 10.5. The standard InChI is InChI=1S/C80H74N4O.Pt/c1-76(2,3)53-32-29-50(30-33-53)65-44-55(78(7,8)9)45-67-62-26-17-15-24-60(62)59-23-14-16-25-61(59)66-41-52(51-31-36-68-69(42-51)80(12,13)39-38-79(68,10)11)43-72-75(66)83(74(65)67)49-82(72)56-21-20-22-57(47-56)85-58-34-35-64-63-27-18-19-28-70(63)84(71(64)48-58)73-46-54(37-40-81-73)77(4,5)6;/h14-37,40-46H,38-39H2,1-13H3;/q-2;/i10D3,11D3,12D3,13D3,14D,15D,16D,17D,23D,24D,25D,26D,31D,36D,38D2,39D2,42D;. The van der Waals surface area contributed by atoms with Crippen molar-refractivity contribution in [3.8, 4) is 84.3 Å². The van der Waals surface area contributed by atoms with Crippen molar-refractivity contribution in [2.45, 2.75) is 130 Å². The summed E-state index contributed by atoms with van der Waals surface area (Å²) < 4.78 is 268. The topological polar surface area (TPSA) is 35.9 Å². The summed E-state index contributed by atoms with van der Waals surface area (Å²) in [5.74, 6) is 0.823. The predicted octanol–water partition coefficient (Wildman–Crippen LogP) is 20.5. The number of pyridine rings is 1. The van der Waals surface area contributed by atoms with Crippen molar-refractivity contribution in [2.75, 3.05) is 0 Å². The fraction of sp³-hybridized carbons (Fsp3) is 0.250. The van der Waals surface area contributed by atoms with Crippen LogP contribution in [0.5, 0.6) is 11.5 Å². The molecule has 432 valence electrons. The van der Waals surface area contributed by atoms with E-state index >= 15 is 0 Å². The van der Waals surface area contributed by atoms with E-state index in [9.17, 15) is 20.6 Å². The normalized spacial score (nSPS) is 20.6. The van der Waals surface area contributed by atoms with Gasteiger partial charge in [0.05, 0.1) is 31.8 Å². The van der Waals surface area contributed by atoms with Crippen molar-refractivity contribution >= 4 is 32.8 Å². The quantitative estimate of drug-likeness (QED) is 0.123.